The number of carbonyl (C=O) groups is 3. The number of rotatable bonds is 40. The maximum Gasteiger partial charge on any atom is 0.306 e. The third kappa shape index (κ3) is 39.1. The van der Waals surface area contributed by atoms with Gasteiger partial charge in [-0.25, -0.2) is 0 Å². The zero-order valence-corrected chi connectivity index (χ0v) is 34.6. The Bertz CT molecular complexity index is 850. The summed E-state index contributed by atoms with van der Waals surface area (Å²) < 4.78 is 16.6. The van der Waals surface area contributed by atoms with E-state index in [2.05, 4.69) is 45.1 Å². The summed E-state index contributed by atoms with van der Waals surface area (Å²) in [5.74, 6) is -0.894. The van der Waals surface area contributed by atoms with E-state index in [4.69, 9.17) is 14.2 Å². The highest BCUT2D eigenvalue weighted by Gasteiger charge is 2.19. The van der Waals surface area contributed by atoms with Crippen molar-refractivity contribution in [2.45, 2.75) is 239 Å². The molecule has 0 rings (SSSR count). The normalized spacial score (nSPS) is 12.1. The molecule has 0 spiro atoms. The molecule has 0 aliphatic heterocycles. The van der Waals surface area contributed by atoms with Crippen LogP contribution in [-0.4, -0.2) is 37.2 Å². The molecule has 0 saturated heterocycles. The summed E-state index contributed by atoms with van der Waals surface area (Å²) >= 11 is 0. The van der Waals surface area contributed by atoms with Gasteiger partial charge in [-0.2, -0.15) is 0 Å². The van der Waals surface area contributed by atoms with Crippen molar-refractivity contribution >= 4 is 17.9 Å². The Morgan fingerprint density at radius 1 is 0.385 bits per heavy atom. The molecule has 0 aliphatic rings. The summed E-state index contributed by atoms with van der Waals surface area (Å²) in [6.45, 7) is 6.50. The third-order valence-electron chi connectivity index (χ3n) is 9.69. The standard InChI is InChI=1S/C46H84O6/c1-4-7-10-13-16-18-20-22-23-25-26-28-30-33-36-39-45(48)51-42-43(41-50-44(47)38-35-32-15-12-9-6-3)52-46(49)40-37-34-31-29-27-24-21-19-17-14-11-8-5-2/h11,14,19,21,43H,4-10,12-13,15-18,20,22-42H2,1-3H3/b14-11-,21-19-. The summed E-state index contributed by atoms with van der Waals surface area (Å²) in [6, 6.07) is 0. The fraction of sp³-hybridized carbons (Fsp3) is 0.848. The zero-order valence-electron chi connectivity index (χ0n) is 34.6. The molecule has 0 amide bonds. The highest BCUT2D eigenvalue weighted by molar-refractivity contribution is 5.71. The maximum absolute atomic E-state index is 12.7. The largest absolute Gasteiger partial charge is 0.462 e. The second-order valence-corrected chi connectivity index (χ2v) is 15.0. The molecular formula is C46H84O6. The summed E-state index contributed by atoms with van der Waals surface area (Å²) in [5.41, 5.74) is 0. The van der Waals surface area contributed by atoms with E-state index in [9.17, 15) is 14.4 Å². The molecule has 0 N–H and O–H groups in total. The Labute approximate surface area is 322 Å². The molecule has 0 radical (unpaired) electrons. The number of esters is 3. The van der Waals surface area contributed by atoms with Crippen molar-refractivity contribution in [3.05, 3.63) is 24.3 Å². The van der Waals surface area contributed by atoms with Crippen molar-refractivity contribution in [3.8, 4) is 0 Å². The SMILES string of the molecule is CCC/C=C\C/C=C\CCCCCCCC(=O)OC(COC(=O)CCCCCCCC)COC(=O)CCCCCCCCCCCCCCCCC. The van der Waals surface area contributed by atoms with Gasteiger partial charge in [0.25, 0.3) is 0 Å². The molecule has 0 aromatic heterocycles. The van der Waals surface area contributed by atoms with Crippen molar-refractivity contribution in [2.24, 2.45) is 0 Å². The summed E-state index contributed by atoms with van der Waals surface area (Å²) in [7, 11) is 0. The number of unbranched alkanes of at least 4 members (excludes halogenated alkanes) is 25. The molecule has 52 heavy (non-hydrogen) atoms. The van der Waals surface area contributed by atoms with E-state index in [0.717, 1.165) is 89.9 Å². The fourth-order valence-electron chi connectivity index (χ4n) is 6.30. The van der Waals surface area contributed by atoms with Crippen LogP contribution in [0.5, 0.6) is 0 Å². The van der Waals surface area contributed by atoms with Crippen LogP contribution >= 0.6 is 0 Å². The molecule has 0 heterocycles. The predicted molar refractivity (Wildman–Crippen MR) is 219 cm³/mol. The number of hydrogen-bond donors (Lipinski definition) is 0. The zero-order chi connectivity index (χ0) is 38.0. The number of ether oxygens (including phenoxy) is 3. The molecule has 0 aromatic carbocycles. The number of carbonyl (C=O) groups excluding carboxylic acids is 3. The lowest BCUT2D eigenvalue weighted by Gasteiger charge is -2.18. The lowest BCUT2D eigenvalue weighted by Crippen LogP contribution is -2.30. The molecular weight excluding hydrogens is 648 g/mol. The van der Waals surface area contributed by atoms with Gasteiger partial charge in [-0.15, -0.1) is 0 Å². The van der Waals surface area contributed by atoms with Gasteiger partial charge in [0, 0.05) is 19.3 Å². The Hall–Kier alpha value is -2.11. The molecule has 0 aliphatic carbocycles. The quantitative estimate of drug-likeness (QED) is 0.0270. The smallest absolute Gasteiger partial charge is 0.306 e. The molecule has 6 nitrogen and oxygen atoms in total. The second-order valence-electron chi connectivity index (χ2n) is 15.0. The van der Waals surface area contributed by atoms with E-state index in [1.165, 1.54) is 103 Å². The van der Waals surface area contributed by atoms with Gasteiger partial charge in [0.15, 0.2) is 6.10 Å². The van der Waals surface area contributed by atoms with Gasteiger partial charge in [0.1, 0.15) is 13.2 Å². The Kier molecular flexibility index (Phi) is 40.0. The van der Waals surface area contributed by atoms with Crippen LogP contribution in [0.3, 0.4) is 0 Å². The first kappa shape index (κ1) is 49.9. The second kappa shape index (κ2) is 41.6. The predicted octanol–water partition coefficient (Wildman–Crippen LogP) is 14.0. The van der Waals surface area contributed by atoms with Crippen molar-refractivity contribution in [3.63, 3.8) is 0 Å². The molecule has 6 heteroatoms. The van der Waals surface area contributed by atoms with E-state index in [0.29, 0.717) is 19.3 Å². The minimum Gasteiger partial charge on any atom is -0.462 e. The summed E-state index contributed by atoms with van der Waals surface area (Å²) in [6.07, 6.45) is 44.6. The van der Waals surface area contributed by atoms with Gasteiger partial charge < -0.3 is 14.2 Å². The Morgan fingerprint density at radius 2 is 0.731 bits per heavy atom. The van der Waals surface area contributed by atoms with Crippen molar-refractivity contribution < 1.29 is 28.6 Å². The first-order valence-corrected chi connectivity index (χ1v) is 22.3. The van der Waals surface area contributed by atoms with Gasteiger partial charge in [0.05, 0.1) is 0 Å². The highest BCUT2D eigenvalue weighted by Crippen LogP contribution is 2.15. The highest BCUT2D eigenvalue weighted by atomic mass is 16.6. The van der Waals surface area contributed by atoms with Crippen LogP contribution in [-0.2, 0) is 28.6 Å². The van der Waals surface area contributed by atoms with Crippen LogP contribution in [0, 0.1) is 0 Å². The summed E-state index contributed by atoms with van der Waals surface area (Å²) in [4.78, 5) is 37.5. The molecule has 0 aromatic rings. The van der Waals surface area contributed by atoms with Crippen LogP contribution in [0.25, 0.3) is 0 Å². The number of hydrogen-bond acceptors (Lipinski definition) is 6. The average molecular weight is 733 g/mol. The molecule has 1 unspecified atom stereocenters. The fourth-order valence-corrected chi connectivity index (χ4v) is 6.30. The lowest BCUT2D eigenvalue weighted by molar-refractivity contribution is -0.167. The Balaban J connectivity index is 4.26. The van der Waals surface area contributed by atoms with Crippen LogP contribution in [0.4, 0.5) is 0 Å². The lowest BCUT2D eigenvalue weighted by atomic mass is 10.0. The van der Waals surface area contributed by atoms with Crippen LogP contribution < -0.4 is 0 Å². The van der Waals surface area contributed by atoms with Gasteiger partial charge in [-0.3, -0.25) is 14.4 Å². The first-order chi connectivity index (χ1) is 25.5. The minimum absolute atomic E-state index is 0.0739. The molecule has 0 saturated carbocycles. The van der Waals surface area contributed by atoms with Gasteiger partial charge in [-0.1, -0.05) is 193 Å². The minimum atomic E-state index is -0.769. The average Bonchev–Trinajstić information content (AvgIpc) is 3.14. The van der Waals surface area contributed by atoms with Gasteiger partial charge >= 0.3 is 17.9 Å². The van der Waals surface area contributed by atoms with Crippen LogP contribution in [0.2, 0.25) is 0 Å². The van der Waals surface area contributed by atoms with E-state index < -0.39 is 6.10 Å². The molecule has 304 valence electrons. The maximum atomic E-state index is 12.7. The van der Waals surface area contributed by atoms with E-state index in [-0.39, 0.29) is 31.1 Å². The molecule has 0 fully saturated rings. The van der Waals surface area contributed by atoms with Gasteiger partial charge in [0.2, 0.25) is 0 Å². The van der Waals surface area contributed by atoms with Crippen molar-refractivity contribution in [2.75, 3.05) is 13.2 Å². The number of allylic oxidation sites excluding steroid dienone is 4. The van der Waals surface area contributed by atoms with Gasteiger partial charge in [-0.05, 0) is 44.9 Å². The van der Waals surface area contributed by atoms with E-state index in [1.54, 1.807) is 0 Å². The van der Waals surface area contributed by atoms with Crippen molar-refractivity contribution in [1.29, 1.82) is 0 Å². The van der Waals surface area contributed by atoms with E-state index >= 15 is 0 Å². The van der Waals surface area contributed by atoms with E-state index in [1.807, 2.05) is 0 Å². The molecule has 0 bridgehead atoms. The first-order valence-electron chi connectivity index (χ1n) is 22.3. The third-order valence-corrected chi connectivity index (χ3v) is 9.69. The monoisotopic (exact) mass is 733 g/mol. The topological polar surface area (TPSA) is 78.9 Å². The Morgan fingerprint density at radius 3 is 1.13 bits per heavy atom. The summed E-state index contributed by atoms with van der Waals surface area (Å²) in [5, 5.41) is 0. The van der Waals surface area contributed by atoms with Crippen LogP contribution in [0.15, 0.2) is 24.3 Å². The van der Waals surface area contributed by atoms with Crippen LogP contribution in [0.1, 0.15) is 233 Å². The van der Waals surface area contributed by atoms with Crippen molar-refractivity contribution in [1.82, 2.24) is 0 Å². The molecule has 1 atom stereocenters.